The number of rotatable bonds is 5. The molecule has 4 nitrogen and oxygen atoms in total. The Kier molecular flexibility index (Phi) is 5.03. The first-order chi connectivity index (χ1) is 10.1. The van der Waals surface area contributed by atoms with Crippen LogP contribution in [-0.4, -0.2) is 17.9 Å². The fourth-order valence-electron chi connectivity index (χ4n) is 2.13. The number of carbonyl (C=O) groups is 1. The van der Waals surface area contributed by atoms with Crippen molar-refractivity contribution >= 4 is 5.91 Å². The third kappa shape index (κ3) is 4.11. The average Bonchev–Trinajstić information content (AvgIpc) is 2.49. The van der Waals surface area contributed by atoms with Gasteiger partial charge in [0.2, 0.25) is 0 Å². The number of benzene rings is 2. The van der Waals surface area contributed by atoms with Gasteiger partial charge in [-0.2, -0.15) is 0 Å². The number of nitrogen functional groups attached to an aromatic ring is 1. The Bertz CT molecular complexity index is 613. The molecule has 2 aromatic carbocycles. The monoisotopic (exact) mass is 287 g/mol. The molecule has 0 unspecified atom stereocenters. The number of nitrogens with zero attached hydrogens (tertiary/aromatic N) is 1. The van der Waals surface area contributed by atoms with Crippen LogP contribution in [0.2, 0.25) is 0 Å². The van der Waals surface area contributed by atoms with Gasteiger partial charge in [-0.05, 0) is 30.8 Å². The molecule has 0 atom stereocenters. The van der Waals surface area contributed by atoms with E-state index in [9.17, 15) is 9.18 Å². The van der Waals surface area contributed by atoms with Gasteiger partial charge in [0.15, 0.2) is 0 Å². The van der Waals surface area contributed by atoms with Crippen molar-refractivity contribution in [2.75, 3.05) is 7.05 Å². The molecule has 0 spiro atoms. The van der Waals surface area contributed by atoms with E-state index in [-0.39, 0.29) is 11.7 Å². The van der Waals surface area contributed by atoms with Crippen molar-refractivity contribution in [3.63, 3.8) is 0 Å². The summed E-state index contributed by atoms with van der Waals surface area (Å²) in [4.78, 5) is 13.3. The van der Waals surface area contributed by atoms with Gasteiger partial charge in [0.1, 0.15) is 5.82 Å². The summed E-state index contributed by atoms with van der Waals surface area (Å²) >= 11 is 0. The quantitative estimate of drug-likeness (QED) is 0.503. The summed E-state index contributed by atoms with van der Waals surface area (Å²) in [5, 5.41) is 0. The van der Waals surface area contributed by atoms with Crippen LogP contribution >= 0.6 is 0 Å². The molecule has 0 bridgehead atoms. The predicted molar refractivity (Wildman–Crippen MR) is 79.7 cm³/mol. The van der Waals surface area contributed by atoms with Gasteiger partial charge in [-0.1, -0.05) is 30.3 Å². The molecule has 21 heavy (non-hydrogen) atoms. The van der Waals surface area contributed by atoms with Crippen LogP contribution in [0.4, 0.5) is 4.39 Å². The van der Waals surface area contributed by atoms with E-state index in [1.54, 1.807) is 24.3 Å². The van der Waals surface area contributed by atoms with Crippen LogP contribution in [0.3, 0.4) is 0 Å². The highest BCUT2D eigenvalue weighted by molar-refractivity contribution is 5.93. The van der Waals surface area contributed by atoms with E-state index < -0.39 is 0 Å². The topological polar surface area (TPSA) is 58.4 Å². The summed E-state index contributed by atoms with van der Waals surface area (Å²) in [6, 6.07) is 13.9. The van der Waals surface area contributed by atoms with Crippen molar-refractivity contribution in [2.24, 2.45) is 5.84 Å². The van der Waals surface area contributed by atoms with E-state index in [2.05, 4.69) is 5.43 Å². The molecule has 0 aliphatic rings. The standard InChI is InChI=1S/C16H18FN3O/c1-20(11-14-4-2-3-5-15(14)17)10-12-6-8-13(9-7-12)16(21)19-18/h2-9H,10-11,18H2,1H3,(H,19,21). The molecule has 2 rings (SSSR count). The summed E-state index contributed by atoms with van der Waals surface area (Å²) < 4.78 is 13.6. The van der Waals surface area contributed by atoms with Gasteiger partial charge >= 0.3 is 0 Å². The van der Waals surface area contributed by atoms with E-state index in [0.29, 0.717) is 24.2 Å². The molecule has 0 aromatic heterocycles. The molecule has 0 fully saturated rings. The number of nitrogens with two attached hydrogens (primary N) is 1. The largest absolute Gasteiger partial charge is 0.298 e. The third-order valence-corrected chi connectivity index (χ3v) is 3.20. The fourth-order valence-corrected chi connectivity index (χ4v) is 2.13. The summed E-state index contributed by atoms with van der Waals surface area (Å²) in [6.07, 6.45) is 0. The first-order valence-electron chi connectivity index (χ1n) is 6.62. The highest BCUT2D eigenvalue weighted by atomic mass is 19.1. The lowest BCUT2D eigenvalue weighted by Crippen LogP contribution is -2.29. The Morgan fingerprint density at radius 1 is 1.14 bits per heavy atom. The molecule has 5 heteroatoms. The smallest absolute Gasteiger partial charge is 0.265 e. The summed E-state index contributed by atoms with van der Waals surface area (Å²) in [5.74, 6) is 4.57. The second-order valence-corrected chi connectivity index (χ2v) is 4.93. The lowest BCUT2D eigenvalue weighted by Gasteiger charge is -2.17. The van der Waals surface area contributed by atoms with E-state index in [1.807, 2.05) is 30.1 Å². The maximum absolute atomic E-state index is 13.6. The van der Waals surface area contributed by atoms with Gasteiger partial charge in [-0.3, -0.25) is 15.1 Å². The van der Waals surface area contributed by atoms with Gasteiger partial charge < -0.3 is 0 Å². The minimum Gasteiger partial charge on any atom is -0.298 e. The molecular formula is C16H18FN3O. The van der Waals surface area contributed by atoms with Crippen molar-refractivity contribution in [3.05, 3.63) is 71.0 Å². The van der Waals surface area contributed by atoms with Crippen molar-refractivity contribution in [3.8, 4) is 0 Å². The van der Waals surface area contributed by atoms with Crippen LogP contribution in [0.1, 0.15) is 21.5 Å². The highest BCUT2D eigenvalue weighted by Gasteiger charge is 2.07. The Balaban J connectivity index is 1.98. The van der Waals surface area contributed by atoms with Crippen LogP contribution < -0.4 is 11.3 Å². The van der Waals surface area contributed by atoms with Gasteiger partial charge in [0, 0.05) is 24.2 Å². The highest BCUT2D eigenvalue weighted by Crippen LogP contribution is 2.12. The molecule has 1 amide bonds. The van der Waals surface area contributed by atoms with Crippen molar-refractivity contribution < 1.29 is 9.18 Å². The van der Waals surface area contributed by atoms with Crippen molar-refractivity contribution in [1.29, 1.82) is 0 Å². The van der Waals surface area contributed by atoms with Crippen LogP contribution in [-0.2, 0) is 13.1 Å². The first-order valence-corrected chi connectivity index (χ1v) is 6.62. The molecule has 0 saturated heterocycles. The fraction of sp³-hybridized carbons (Fsp3) is 0.188. The van der Waals surface area contributed by atoms with Crippen LogP contribution in [0.25, 0.3) is 0 Å². The number of halogens is 1. The molecule has 3 N–H and O–H groups in total. The van der Waals surface area contributed by atoms with Crippen LogP contribution in [0, 0.1) is 5.82 Å². The number of amides is 1. The zero-order valence-corrected chi connectivity index (χ0v) is 11.8. The maximum atomic E-state index is 13.6. The van der Waals surface area contributed by atoms with Gasteiger partial charge in [0.25, 0.3) is 5.91 Å². The maximum Gasteiger partial charge on any atom is 0.265 e. The predicted octanol–water partition coefficient (Wildman–Crippen LogP) is 2.06. The van der Waals surface area contributed by atoms with Crippen LogP contribution in [0.15, 0.2) is 48.5 Å². The third-order valence-electron chi connectivity index (χ3n) is 3.20. The van der Waals surface area contributed by atoms with E-state index >= 15 is 0 Å². The molecule has 0 aliphatic heterocycles. The number of nitrogens with one attached hydrogen (secondary N) is 1. The van der Waals surface area contributed by atoms with E-state index in [4.69, 9.17) is 5.84 Å². The Morgan fingerprint density at radius 2 is 1.81 bits per heavy atom. The molecular weight excluding hydrogens is 269 g/mol. The number of hydrogen-bond donors (Lipinski definition) is 2. The second-order valence-electron chi connectivity index (χ2n) is 4.93. The number of carbonyl (C=O) groups excluding carboxylic acids is 1. The molecule has 2 aromatic rings. The van der Waals surface area contributed by atoms with E-state index in [0.717, 1.165) is 5.56 Å². The lowest BCUT2D eigenvalue weighted by atomic mass is 10.1. The zero-order valence-electron chi connectivity index (χ0n) is 11.8. The normalized spacial score (nSPS) is 10.7. The minimum atomic E-state index is -0.318. The summed E-state index contributed by atoms with van der Waals surface area (Å²) in [6.45, 7) is 1.19. The number of hydrazine groups is 1. The molecule has 0 radical (unpaired) electrons. The van der Waals surface area contributed by atoms with Crippen LogP contribution in [0.5, 0.6) is 0 Å². The van der Waals surface area contributed by atoms with Gasteiger partial charge in [0.05, 0.1) is 0 Å². The molecule has 110 valence electrons. The molecule has 0 saturated carbocycles. The Labute approximate surface area is 123 Å². The van der Waals surface area contributed by atoms with Gasteiger partial charge in [-0.25, -0.2) is 10.2 Å². The average molecular weight is 287 g/mol. The Morgan fingerprint density at radius 3 is 2.43 bits per heavy atom. The summed E-state index contributed by atoms with van der Waals surface area (Å²) in [7, 11) is 1.92. The first kappa shape index (κ1) is 15.2. The molecule has 0 aliphatic carbocycles. The zero-order chi connectivity index (χ0) is 15.2. The second kappa shape index (κ2) is 6.97. The van der Waals surface area contributed by atoms with Crippen molar-refractivity contribution in [1.82, 2.24) is 10.3 Å². The Hall–Kier alpha value is -2.24. The van der Waals surface area contributed by atoms with E-state index in [1.165, 1.54) is 6.07 Å². The number of hydrogen-bond acceptors (Lipinski definition) is 3. The molecule has 0 heterocycles. The SMILES string of the molecule is CN(Cc1ccc(C(=O)NN)cc1)Cc1ccccc1F. The lowest BCUT2D eigenvalue weighted by molar-refractivity contribution is 0.0953. The van der Waals surface area contributed by atoms with Gasteiger partial charge in [-0.15, -0.1) is 0 Å². The summed E-state index contributed by atoms with van der Waals surface area (Å²) in [5.41, 5.74) is 4.31. The van der Waals surface area contributed by atoms with Crippen molar-refractivity contribution in [2.45, 2.75) is 13.1 Å². The minimum absolute atomic E-state index is 0.195.